The van der Waals surface area contributed by atoms with Gasteiger partial charge in [-0.2, -0.15) is 0 Å². The van der Waals surface area contributed by atoms with Gasteiger partial charge in [-0.05, 0) is 42.3 Å². The molecule has 0 aliphatic heterocycles. The SMILES string of the molecule is COC(=O)c1cccc(Cc2nc3cc(C)c(Br)cc3o2)c1. The Morgan fingerprint density at radius 2 is 2.14 bits per heavy atom. The van der Waals surface area contributed by atoms with Crippen molar-refractivity contribution in [2.75, 3.05) is 7.11 Å². The number of methoxy groups -OCH3 is 1. The van der Waals surface area contributed by atoms with E-state index in [4.69, 9.17) is 9.15 Å². The highest BCUT2D eigenvalue weighted by atomic mass is 79.9. The standard InChI is InChI=1S/C17H14BrNO3/c1-10-6-14-15(9-13(10)18)22-16(19-14)8-11-4-3-5-12(7-11)17(20)21-2/h3-7,9H,8H2,1-2H3. The van der Waals surface area contributed by atoms with E-state index in [1.165, 1.54) is 7.11 Å². The summed E-state index contributed by atoms with van der Waals surface area (Å²) in [6, 6.07) is 11.2. The minimum Gasteiger partial charge on any atom is -0.465 e. The molecule has 0 unspecified atom stereocenters. The Hall–Kier alpha value is -2.14. The molecule has 0 aliphatic carbocycles. The fourth-order valence-corrected chi connectivity index (χ4v) is 2.60. The largest absolute Gasteiger partial charge is 0.465 e. The molecule has 3 rings (SSSR count). The molecule has 0 amide bonds. The third-order valence-corrected chi connectivity index (χ3v) is 4.27. The fraction of sp³-hybridized carbons (Fsp3) is 0.176. The Morgan fingerprint density at radius 1 is 1.32 bits per heavy atom. The second-order valence-corrected chi connectivity index (χ2v) is 5.90. The average Bonchev–Trinajstić information content (AvgIpc) is 2.88. The Kier molecular flexibility index (Phi) is 3.98. The van der Waals surface area contributed by atoms with Crippen LogP contribution in [0.4, 0.5) is 0 Å². The lowest BCUT2D eigenvalue weighted by molar-refractivity contribution is 0.0600. The minimum atomic E-state index is -0.348. The van der Waals surface area contributed by atoms with Crippen LogP contribution in [0.1, 0.15) is 27.4 Å². The number of ether oxygens (including phenoxy) is 1. The van der Waals surface area contributed by atoms with Crippen LogP contribution in [0.2, 0.25) is 0 Å². The summed E-state index contributed by atoms with van der Waals surface area (Å²) in [5.74, 6) is 0.272. The van der Waals surface area contributed by atoms with Gasteiger partial charge in [-0.25, -0.2) is 9.78 Å². The van der Waals surface area contributed by atoms with Gasteiger partial charge >= 0.3 is 5.97 Å². The topological polar surface area (TPSA) is 52.3 Å². The van der Waals surface area contributed by atoms with Gasteiger partial charge in [-0.1, -0.05) is 28.1 Å². The number of benzene rings is 2. The van der Waals surface area contributed by atoms with Crippen molar-refractivity contribution in [1.29, 1.82) is 0 Å². The molecule has 1 aromatic heterocycles. The molecular formula is C17H14BrNO3. The Bertz CT molecular complexity index is 815. The van der Waals surface area contributed by atoms with Gasteiger partial charge in [-0.15, -0.1) is 0 Å². The van der Waals surface area contributed by atoms with Crippen molar-refractivity contribution in [2.45, 2.75) is 13.3 Å². The van der Waals surface area contributed by atoms with Crippen LogP contribution in [0.3, 0.4) is 0 Å². The molecule has 112 valence electrons. The van der Waals surface area contributed by atoms with E-state index >= 15 is 0 Å². The molecule has 0 spiro atoms. The summed E-state index contributed by atoms with van der Waals surface area (Å²) in [7, 11) is 1.37. The van der Waals surface area contributed by atoms with Crippen LogP contribution < -0.4 is 0 Å². The molecule has 4 nitrogen and oxygen atoms in total. The molecule has 0 radical (unpaired) electrons. The van der Waals surface area contributed by atoms with Crippen molar-refractivity contribution in [3.63, 3.8) is 0 Å². The lowest BCUT2D eigenvalue weighted by Gasteiger charge is -2.01. The van der Waals surface area contributed by atoms with Crippen molar-refractivity contribution in [3.05, 3.63) is 63.5 Å². The maximum absolute atomic E-state index is 11.6. The number of hydrogen-bond acceptors (Lipinski definition) is 4. The number of aromatic nitrogens is 1. The monoisotopic (exact) mass is 359 g/mol. The smallest absolute Gasteiger partial charge is 0.337 e. The molecule has 0 saturated heterocycles. The maximum Gasteiger partial charge on any atom is 0.337 e. The molecule has 2 aromatic carbocycles. The lowest BCUT2D eigenvalue weighted by Crippen LogP contribution is -2.01. The summed E-state index contributed by atoms with van der Waals surface area (Å²) >= 11 is 3.49. The highest BCUT2D eigenvalue weighted by Gasteiger charge is 2.11. The van der Waals surface area contributed by atoms with Crippen LogP contribution in [0.5, 0.6) is 0 Å². The van der Waals surface area contributed by atoms with Gasteiger partial charge < -0.3 is 9.15 Å². The van der Waals surface area contributed by atoms with Crippen LogP contribution in [0.25, 0.3) is 11.1 Å². The molecular weight excluding hydrogens is 346 g/mol. The van der Waals surface area contributed by atoms with Crippen molar-refractivity contribution < 1.29 is 13.9 Å². The van der Waals surface area contributed by atoms with E-state index in [0.717, 1.165) is 26.7 Å². The van der Waals surface area contributed by atoms with Crippen LogP contribution in [0.15, 0.2) is 45.3 Å². The molecule has 0 aliphatic rings. The molecule has 3 aromatic rings. The normalized spacial score (nSPS) is 10.9. The number of rotatable bonds is 3. The van der Waals surface area contributed by atoms with Crippen molar-refractivity contribution in [2.24, 2.45) is 0 Å². The number of fused-ring (bicyclic) bond motifs is 1. The first-order valence-corrected chi connectivity index (χ1v) is 7.59. The third-order valence-electron chi connectivity index (χ3n) is 3.42. The van der Waals surface area contributed by atoms with Crippen LogP contribution in [0, 0.1) is 6.92 Å². The van der Waals surface area contributed by atoms with E-state index in [1.54, 1.807) is 12.1 Å². The quantitative estimate of drug-likeness (QED) is 0.655. The van der Waals surface area contributed by atoms with E-state index in [1.807, 2.05) is 31.2 Å². The summed E-state index contributed by atoms with van der Waals surface area (Å²) in [5, 5.41) is 0. The lowest BCUT2D eigenvalue weighted by atomic mass is 10.1. The first-order chi connectivity index (χ1) is 10.6. The van der Waals surface area contributed by atoms with E-state index in [-0.39, 0.29) is 5.97 Å². The number of oxazole rings is 1. The number of halogens is 1. The van der Waals surface area contributed by atoms with Gasteiger partial charge in [0, 0.05) is 10.9 Å². The first-order valence-electron chi connectivity index (χ1n) is 6.79. The van der Waals surface area contributed by atoms with E-state index in [0.29, 0.717) is 17.9 Å². The minimum absolute atomic E-state index is 0.348. The fourth-order valence-electron chi connectivity index (χ4n) is 2.28. The zero-order chi connectivity index (χ0) is 15.7. The van der Waals surface area contributed by atoms with Gasteiger partial charge in [-0.3, -0.25) is 0 Å². The number of nitrogens with zero attached hydrogens (tertiary/aromatic N) is 1. The molecule has 1 heterocycles. The van der Waals surface area contributed by atoms with Gasteiger partial charge in [0.1, 0.15) is 5.52 Å². The zero-order valence-corrected chi connectivity index (χ0v) is 13.8. The molecule has 22 heavy (non-hydrogen) atoms. The van der Waals surface area contributed by atoms with Gasteiger partial charge in [0.15, 0.2) is 11.5 Å². The second kappa shape index (κ2) is 5.93. The van der Waals surface area contributed by atoms with Crippen LogP contribution in [-0.2, 0) is 11.2 Å². The molecule has 5 heteroatoms. The number of esters is 1. The number of carbonyl (C=O) groups is 1. The van der Waals surface area contributed by atoms with Crippen molar-refractivity contribution >= 4 is 33.0 Å². The van der Waals surface area contributed by atoms with E-state index in [9.17, 15) is 4.79 Å². The average molecular weight is 360 g/mol. The molecule has 0 fully saturated rings. The second-order valence-electron chi connectivity index (χ2n) is 5.05. The molecule has 0 N–H and O–H groups in total. The molecule has 0 saturated carbocycles. The summed E-state index contributed by atoms with van der Waals surface area (Å²) in [4.78, 5) is 16.1. The summed E-state index contributed by atoms with van der Waals surface area (Å²) in [6.07, 6.45) is 0.524. The van der Waals surface area contributed by atoms with Crippen LogP contribution in [-0.4, -0.2) is 18.1 Å². The van der Waals surface area contributed by atoms with Crippen LogP contribution >= 0.6 is 15.9 Å². The predicted octanol–water partition coefficient (Wildman–Crippen LogP) is 4.28. The van der Waals surface area contributed by atoms with Crippen molar-refractivity contribution in [3.8, 4) is 0 Å². The predicted molar refractivity (Wildman–Crippen MR) is 87.0 cm³/mol. The number of hydrogen-bond donors (Lipinski definition) is 0. The summed E-state index contributed by atoms with van der Waals surface area (Å²) < 4.78 is 11.5. The number of aryl methyl sites for hydroxylation is 1. The third kappa shape index (κ3) is 2.90. The summed E-state index contributed by atoms with van der Waals surface area (Å²) in [6.45, 7) is 2.01. The van der Waals surface area contributed by atoms with E-state index in [2.05, 4.69) is 20.9 Å². The molecule has 0 atom stereocenters. The highest BCUT2D eigenvalue weighted by molar-refractivity contribution is 9.10. The summed E-state index contributed by atoms with van der Waals surface area (Å²) in [5.41, 5.74) is 4.16. The van der Waals surface area contributed by atoms with Gasteiger partial charge in [0.25, 0.3) is 0 Å². The Morgan fingerprint density at radius 3 is 2.91 bits per heavy atom. The first kappa shape index (κ1) is 14.8. The van der Waals surface area contributed by atoms with Gasteiger partial charge in [0.05, 0.1) is 12.7 Å². The Balaban J connectivity index is 1.91. The Labute approximate surface area is 136 Å². The highest BCUT2D eigenvalue weighted by Crippen LogP contribution is 2.25. The zero-order valence-electron chi connectivity index (χ0n) is 12.2. The number of carbonyl (C=O) groups excluding carboxylic acids is 1. The maximum atomic E-state index is 11.6. The van der Waals surface area contributed by atoms with Gasteiger partial charge in [0.2, 0.25) is 0 Å². The molecule has 0 bridgehead atoms. The van der Waals surface area contributed by atoms with E-state index < -0.39 is 0 Å². The van der Waals surface area contributed by atoms with Crippen molar-refractivity contribution in [1.82, 2.24) is 4.98 Å².